The molecule has 0 aliphatic carbocycles. The minimum atomic E-state index is 1.03. The maximum Gasteiger partial charge on any atom is 0.113 e. The lowest BCUT2D eigenvalue weighted by Gasteiger charge is -1.95. The Kier molecular flexibility index (Phi) is 2.31. The van der Waals surface area contributed by atoms with Crippen LogP contribution in [0, 0.1) is 6.20 Å². The molecule has 0 saturated carbocycles. The van der Waals surface area contributed by atoms with Gasteiger partial charge in [-0.25, -0.2) is 0 Å². The second-order valence-corrected chi connectivity index (χ2v) is 2.06. The van der Waals surface area contributed by atoms with Crippen molar-refractivity contribution in [2.24, 2.45) is 0 Å². The van der Waals surface area contributed by atoms with Crippen LogP contribution in [0.5, 0.6) is 0 Å². The standard InChI is InChI=1S/C7H11N2/c1-2-3-6-9-7-4-5-8-9/h4,7H,2-3,6H2,1H3. The van der Waals surface area contributed by atoms with Crippen LogP contribution >= 0.6 is 0 Å². The molecule has 1 radical (unpaired) electrons. The molecule has 0 N–H and O–H groups in total. The first kappa shape index (κ1) is 6.33. The van der Waals surface area contributed by atoms with Gasteiger partial charge in [0.05, 0.1) is 0 Å². The number of nitrogens with zero attached hydrogens (tertiary/aromatic N) is 2. The minimum Gasteiger partial charge on any atom is -0.272 e. The van der Waals surface area contributed by atoms with Crippen molar-refractivity contribution >= 4 is 0 Å². The Bertz CT molecular complexity index is 144. The fraction of sp³-hybridized carbons (Fsp3) is 0.571. The lowest BCUT2D eigenvalue weighted by molar-refractivity contribution is 0.571. The molecule has 1 aromatic rings. The molecule has 0 spiro atoms. The van der Waals surface area contributed by atoms with E-state index in [0.717, 1.165) is 6.54 Å². The molecule has 0 bridgehead atoms. The molecular formula is C7H11N2. The van der Waals surface area contributed by atoms with Gasteiger partial charge in [-0.3, -0.25) is 4.68 Å². The number of hydrogen-bond donors (Lipinski definition) is 0. The number of aromatic nitrogens is 2. The second kappa shape index (κ2) is 3.28. The smallest absolute Gasteiger partial charge is 0.113 e. The maximum atomic E-state index is 3.95. The molecule has 2 heteroatoms. The van der Waals surface area contributed by atoms with Gasteiger partial charge < -0.3 is 0 Å². The summed E-state index contributed by atoms with van der Waals surface area (Å²) in [6, 6.07) is 1.83. The van der Waals surface area contributed by atoms with E-state index < -0.39 is 0 Å². The van der Waals surface area contributed by atoms with Crippen molar-refractivity contribution in [2.45, 2.75) is 26.3 Å². The van der Waals surface area contributed by atoms with Crippen molar-refractivity contribution in [3.63, 3.8) is 0 Å². The predicted molar refractivity (Wildman–Crippen MR) is 36.0 cm³/mol. The summed E-state index contributed by atoms with van der Waals surface area (Å²) in [5, 5.41) is 3.95. The SMILES string of the molecule is CCCCn1cc[c]n1. The Balaban J connectivity index is 2.30. The Morgan fingerprint density at radius 3 is 3.11 bits per heavy atom. The van der Waals surface area contributed by atoms with E-state index in [9.17, 15) is 0 Å². The quantitative estimate of drug-likeness (QED) is 0.595. The third-order valence-electron chi connectivity index (χ3n) is 1.25. The summed E-state index contributed by atoms with van der Waals surface area (Å²) in [5.74, 6) is 0. The van der Waals surface area contributed by atoms with E-state index in [1.54, 1.807) is 0 Å². The zero-order valence-corrected chi connectivity index (χ0v) is 5.67. The van der Waals surface area contributed by atoms with Crippen molar-refractivity contribution in [3.05, 3.63) is 18.5 Å². The minimum absolute atomic E-state index is 1.03. The summed E-state index contributed by atoms with van der Waals surface area (Å²) in [6.07, 6.45) is 7.12. The van der Waals surface area contributed by atoms with E-state index in [4.69, 9.17) is 0 Å². The Morgan fingerprint density at radius 2 is 2.56 bits per heavy atom. The zero-order chi connectivity index (χ0) is 6.53. The molecule has 1 aromatic heterocycles. The van der Waals surface area contributed by atoms with Crippen molar-refractivity contribution in [3.8, 4) is 0 Å². The third-order valence-corrected chi connectivity index (χ3v) is 1.25. The fourth-order valence-corrected chi connectivity index (χ4v) is 0.705. The maximum absolute atomic E-state index is 3.95. The van der Waals surface area contributed by atoms with Gasteiger partial charge >= 0.3 is 0 Å². The van der Waals surface area contributed by atoms with Crippen molar-refractivity contribution in [1.82, 2.24) is 9.78 Å². The summed E-state index contributed by atoms with van der Waals surface area (Å²) in [5.41, 5.74) is 0. The highest BCUT2D eigenvalue weighted by atomic mass is 15.3. The summed E-state index contributed by atoms with van der Waals surface area (Å²) in [6.45, 7) is 3.20. The molecule has 1 heterocycles. The van der Waals surface area contributed by atoms with Crippen LogP contribution in [0.2, 0.25) is 0 Å². The van der Waals surface area contributed by atoms with E-state index in [-0.39, 0.29) is 0 Å². The molecule has 9 heavy (non-hydrogen) atoms. The summed E-state index contributed by atoms with van der Waals surface area (Å²) in [4.78, 5) is 0. The molecule has 0 atom stereocenters. The molecule has 0 aliphatic heterocycles. The van der Waals surface area contributed by atoms with Crippen LogP contribution in [0.1, 0.15) is 19.8 Å². The van der Waals surface area contributed by atoms with Gasteiger partial charge in [0, 0.05) is 12.7 Å². The molecular weight excluding hydrogens is 112 g/mol. The third kappa shape index (κ3) is 1.88. The zero-order valence-electron chi connectivity index (χ0n) is 5.67. The van der Waals surface area contributed by atoms with Crippen LogP contribution in [-0.4, -0.2) is 9.78 Å². The van der Waals surface area contributed by atoms with Gasteiger partial charge in [-0.1, -0.05) is 13.3 Å². The van der Waals surface area contributed by atoms with Gasteiger partial charge in [-0.05, 0) is 12.5 Å². The molecule has 0 aliphatic rings. The van der Waals surface area contributed by atoms with Crippen molar-refractivity contribution in [1.29, 1.82) is 0 Å². The first-order valence-electron chi connectivity index (χ1n) is 3.33. The van der Waals surface area contributed by atoms with Gasteiger partial charge in [0.15, 0.2) is 0 Å². The van der Waals surface area contributed by atoms with Crippen LogP contribution < -0.4 is 0 Å². The molecule has 1 rings (SSSR count). The lowest BCUT2D eigenvalue weighted by Crippen LogP contribution is -1.96. The Labute approximate surface area is 55.5 Å². The predicted octanol–water partition coefficient (Wildman–Crippen LogP) is 1.48. The van der Waals surface area contributed by atoms with Gasteiger partial charge in [-0.15, -0.1) is 0 Å². The van der Waals surface area contributed by atoms with Crippen LogP contribution in [-0.2, 0) is 6.54 Å². The van der Waals surface area contributed by atoms with Crippen LogP contribution in [0.25, 0.3) is 0 Å². The largest absolute Gasteiger partial charge is 0.272 e. The van der Waals surface area contributed by atoms with Gasteiger partial charge in [0.25, 0.3) is 0 Å². The number of hydrogen-bond acceptors (Lipinski definition) is 1. The molecule has 0 amide bonds. The monoisotopic (exact) mass is 123 g/mol. The molecule has 49 valence electrons. The van der Waals surface area contributed by atoms with E-state index >= 15 is 0 Å². The highest BCUT2D eigenvalue weighted by Gasteiger charge is 1.86. The highest BCUT2D eigenvalue weighted by Crippen LogP contribution is 1.91. The van der Waals surface area contributed by atoms with Crippen molar-refractivity contribution < 1.29 is 0 Å². The average Bonchev–Trinajstić information content (AvgIpc) is 2.34. The van der Waals surface area contributed by atoms with Crippen LogP contribution in [0.15, 0.2) is 12.3 Å². The molecule has 0 saturated heterocycles. The Hall–Kier alpha value is -0.790. The number of aryl methyl sites for hydroxylation is 1. The molecule has 0 fully saturated rings. The van der Waals surface area contributed by atoms with Gasteiger partial charge in [0.1, 0.15) is 6.20 Å². The normalized spacial score (nSPS) is 9.89. The summed E-state index contributed by atoms with van der Waals surface area (Å²) < 4.78 is 1.91. The van der Waals surface area contributed by atoms with Gasteiger partial charge in [0.2, 0.25) is 0 Å². The number of rotatable bonds is 3. The summed E-state index contributed by atoms with van der Waals surface area (Å²) >= 11 is 0. The fourth-order valence-electron chi connectivity index (χ4n) is 0.705. The van der Waals surface area contributed by atoms with Crippen LogP contribution in [0.3, 0.4) is 0 Å². The summed E-state index contributed by atoms with van der Waals surface area (Å²) in [7, 11) is 0. The first-order valence-corrected chi connectivity index (χ1v) is 3.33. The molecule has 0 aromatic carbocycles. The topological polar surface area (TPSA) is 17.8 Å². The first-order chi connectivity index (χ1) is 4.43. The van der Waals surface area contributed by atoms with Crippen LogP contribution in [0.4, 0.5) is 0 Å². The van der Waals surface area contributed by atoms with E-state index in [1.165, 1.54) is 12.8 Å². The molecule has 0 unspecified atom stereocenters. The Morgan fingerprint density at radius 1 is 1.67 bits per heavy atom. The lowest BCUT2D eigenvalue weighted by atomic mass is 10.3. The highest BCUT2D eigenvalue weighted by molar-refractivity contribution is 4.75. The van der Waals surface area contributed by atoms with Gasteiger partial charge in [-0.2, -0.15) is 5.10 Å². The van der Waals surface area contributed by atoms with Crippen molar-refractivity contribution in [2.75, 3.05) is 0 Å². The number of unbranched alkanes of at least 4 members (excludes halogenated alkanes) is 1. The van der Waals surface area contributed by atoms with E-state index in [0.29, 0.717) is 0 Å². The molecule has 2 nitrogen and oxygen atoms in total. The van der Waals surface area contributed by atoms with E-state index in [2.05, 4.69) is 18.2 Å². The van der Waals surface area contributed by atoms with E-state index in [1.807, 2.05) is 16.9 Å². The average molecular weight is 123 g/mol. The second-order valence-electron chi connectivity index (χ2n) is 2.06.